The van der Waals surface area contributed by atoms with E-state index in [-0.39, 0.29) is 0 Å². The van der Waals surface area contributed by atoms with Gasteiger partial charge in [-0.1, -0.05) is 19.1 Å². The summed E-state index contributed by atoms with van der Waals surface area (Å²) in [7, 11) is 0. The van der Waals surface area contributed by atoms with E-state index in [1.807, 2.05) is 11.8 Å². The summed E-state index contributed by atoms with van der Waals surface area (Å²) in [5.41, 5.74) is 0. The number of rotatable bonds is 5. The van der Waals surface area contributed by atoms with E-state index < -0.39 is 0 Å². The van der Waals surface area contributed by atoms with Gasteiger partial charge in [0.05, 0.1) is 0 Å². The van der Waals surface area contributed by atoms with Crippen molar-refractivity contribution < 1.29 is 0 Å². The van der Waals surface area contributed by atoms with E-state index in [9.17, 15) is 0 Å². The van der Waals surface area contributed by atoms with Crippen LogP contribution in [0.1, 0.15) is 26.7 Å². The number of allylic oxidation sites excluding steroid dienone is 2. The zero-order chi connectivity index (χ0) is 6.95. The number of thioether (sulfide) groups is 1. The minimum atomic E-state index is 1.24. The maximum atomic E-state index is 2.22. The summed E-state index contributed by atoms with van der Waals surface area (Å²) >= 11 is 2.04. The molecule has 0 bridgehead atoms. The molecule has 0 saturated carbocycles. The molecular weight excluding hydrogens is 128 g/mol. The van der Waals surface area contributed by atoms with Crippen molar-refractivity contribution in [2.45, 2.75) is 26.7 Å². The SMILES string of the molecule is C/C=C/CCSCCC. The van der Waals surface area contributed by atoms with Gasteiger partial charge in [0.1, 0.15) is 0 Å². The van der Waals surface area contributed by atoms with Crippen molar-refractivity contribution in [2.75, 3.05) is 11.5 Å². The summed E-state index contributed by atoms with van der Waals surface area (Å²) in [6, 6.07) is 0. The van der Waals surface area contributed by atoms with Crippen LogP contribution in [0.25, 0.3) is 0 Å². The maximum absolute atomic E-state index is 2.22. The normalized spacial score (nSPS) is 10.9. The molecule has 0 aromatic rings. The molecule has 0 aromatic carbocycles. The van der Waals surface area contributed by atoms with Crippen LogP contribution in [-0.2, 0) is 0 Å². The smallest absolute Gasteiger partial charge is 0.00329 e. The van der Waals surface area contributed by atoms with Crippen LogP contribution >= 0.6 is 11.8 Å². The molecule has 0 heterocycles. The van der Waals surface area contributed by atoms with E-state index in [0.717, 1.165) is 0 Å². The summed E-state index contributed by atoms with van der Waals surface area (Å²) in [5.74, 6) is 2.61. The third kappa shape index (κ3) is 8.09. The van der Waals surface area contributed by atoms with Crippen molar-refractivity contribution in [3.05, 3.63) is 12.2 Å². The molecule has 0 aromatic heterocycles. The second kappa shape index (κ2) is 8.09. The molecule has 0 spiro atoms. The Morgan fingerprint density at radius 3 is 2.67 bits per heavy atom. The lowest BCUT2D eigenvalue weighted by Crippen LogP contribution is -1.78. The molecule has 0 unspecified atom stereocenters. The van der Waals surface area contributed by atoms with Crippen LogP contribution in [0.3, 0.4) is 0 Å². The van der Waals surface area contributed by atoms with Crippen LogP contribution in [0.2, 0.25) is 0 Å². The zero-order valence-corrected chi connectivity index (χ0v) is 7.21. The fraction of sp³-hybridized carbons (Fsp3) is 0.750. The van der Waals surface area contributed by atoms with Gasteiger partial charge >= 0.3 is 0 Å². The highest BCUT2D eigenvalue weighted by Crippen LogP contribution is 2.03. The van der Waals surface area contributed by atoms with Crippen molar-refractivity contribution in [1.82, 2.24) is 0 Å². The first-order chi connectivity index (χ1) is 4.41. The van der Waals surface area contributed by atoms with Gasteiger partial charge in [0.25, 0.3) is 0 Å². The van der Waals surface area contributed by atoms with Crippen LogP contribution in [0.5, 0.6) is 0 Å². The lowest BCUT2D eigenvalue weighted by atomic mass is 10.4. The van der Waals surface area contributed by atoms with Crippen molar-refractivity contribution in [1.29, 1.82) is 0 Å². The van der Waals surface area contributed by atoms with E-state index in [1.54, 1.807) is 0 Å². The van der Waals surface area contributed by atoms with Gasteiger partial charge in [-0.3, -0.25) is 0 Å². The Morgan fingerprint density at radius 2 is 2.11 bits per heavy atom. The second-order valence-corrected chi connectivity index (χ2v) is 3.19. The lowest BCUT2D eigenvalue weighted by molar-refractivity contribution is 1.10. The van der Waals surface area contributed by atoms with Gasteiger partial charge < -0.3 is 0 Å². The van der Waals surface area contributed by atoms with E-state index in [1.165, 1.54) is 24.3 Å². The topological polar surface area (TPSA) is 0 Å². The monoisotopic (exact) mass is 144 g/mol. The molecule has 0 radical (unpaired) electrons. The Balaban J connectivity index is 2.75. The molecule has 0 atom stereocenters. The van der Waals surface area contributed by atoms with Crippen LogP contribution in [0, 0.1) is 0 Å². The maximum Gasteiger partial charge on any atom is -0.00329 e. The van der Waals surface area contributed by atoms with E-state index in [4.69, 9.17) is 0 Å². The average Bonchev–Trinajstić information content (AvgIpc) is 1.89. The molecule has 0 fully saturated rings. The summed E-state index contributed by atoms with van der Waals surface area (Å²) in [4.78, 5) is 0. The van der Waals surface area contributed by atoms with Crippen molar-refractivity contribution in [2.24, 2.45) is 0 Å². The minimum absolute atomic E-state index is 1.24. The molecule has 0 rings (SSSR count). The molecule has 0 nitrogen and oxygen atoms in total. The van der Waals surface area contributed by atoms with E-state index in [0.29, 0.717) is 0 Å². The molecule has 0 aliphatic carbocycles. The Kier molecular flexibility index (Phi) is 8.17. The highest BCUT2D eigenvalue weighted by atomic mass is 32.2. The van der Waals surface area contributed by atoms with Crippen molar-refractivity contribution in [3.63, 3.8) is 0 Å². The Hall–Kier alpha value is 0.0900. The molecule has 1 heteroatoms. The van der Waals surface area contributed by atoms with Gasteiger partial charge in [-0.05, 0) is 31.3 Å². The molecule has 54 valence electrons. The summed E-state index contributed by atoms with van der Waals surface area (Å²) in [6.45, 7) is 4.30. The lowest BCUT2D eigenvalue weighted by Gasteiger charge is -1.92. The summed E-state index contributed by atoms with van der Waals surface area (Å²) in [5, 5.41) is 0. The van der Waals surface area contributed by atoms with Gasteiger partial charge in [0.15, 0.2) is 0 Å². The molecular formula is C8H16S. The Bertz CT molecular complexity index is 67.0. The van der Waals surface area contributed by atoms with Crippen molar-refractivity contribution in [3.8, 4) is 0 Å². The van der Waals surface area contributed by atoms with Gasteiger partial charge in [-0.2, -0.15) is 11.8 Å². The fourth-order valence-electron chi connectivity index (χ4n) is 0.564. The van der Waals surface area contributed by atoms with Gasteiger partial charge in [-0.15, -0.1) is 0 Å². The van der Waals surface area contributed by atoms with E-state index in [2.05, 4.69) is 26.0 Å². The third-order valence-corrected chi connectivity index (χ3v) is 2.23. The summed E-state index contributed by atoms with van der Waals surface area (Å²) in [6.07, 6.45) is 6.89. The Morgan fingerprint density at radius 1 is 1.33 bits per heavy atom. The molecule has 0 aliphatic heterocycles. The first-order valence-corrected chi connectivity index (χ1v) is 4.76. The van der Waals surface area contributed by atoms with Crippen LogP contribution in [0.15, 0.2) is 12.2 Å². The molecule has 0 amide bonds. The first kappa shape index (κ1) is 9.09. The first-order valence-electron chi connectivity index (χ1n) is 3.60. The fourth-order valence-corrected chi connectivity index (χ4v) is 1.36. The van der Waals surface area contributed by atoms with Crippen LogP contribution in [0.4, 0.5) is 0 Å². The highest BCUT2D eigenvalue weighted by Gasteiger charge is 1.82. The van der Waals surface area contributed by atoms with Crippen molar-refractivity contribution >= 4 is 11.8 Å². The molecule has 9 heavy (non-hydrogen) atoms. The zero-order valence-electron chi connectivity index (χ0n) is 6.39. The van der Waals surface area contributed by atoms with Crippen LogP contribution < -0.4 is 0 Å². The standard InChI is InChI=1S/C8H16S/c1-3-5-6-8-9-7-4-2/h3,5H,4,6-8H2,1-2H3/b5-3+. The Labute approximate surface area is 62.7 Å². The molecule has 0 saturated heterocycles. The second-order valence-electron chi connectivity index (χ2n) is 1.97. The van der Waals surface area contributed by atoms with Gasteiger partial charge in [0.2, 0.25) is 0 Å². The molecule has 0 N–H and O–H groups in total. The van der Waals surface area contributed by atoms with Crippen LogP contribution in [-0.4, -0.2) is 11.5 Å². The highest BCUT2D eigenvalue weighted by molar-refractivity contribution is 7.99. The third-order valence-electron chi connectivity index (χ3n) is 1.01. The van der Waals surface area contributed by atoms with Gasteiger partial charge in [0, 0.05) is 0 Å². The van der Waals surface area contributed by atoms with E-state index >= 15 is 0 Å². The number of hydrogen-bond acceptors (Lipinski definition) is 1. The molecule has 0 aliphatic rings. The minimum Gasteiger partial charge on any atom is -0.162 e. The van der Waals surface area contributed by atoms with Gasteiger partial charge in [-0.25, -0.2) is 0 Å². The predicted octanol–water partition coefficient (Wildman–Crippen LogP) is 3.10. The largest absolute Gasteiger partial charge is 0.162 e. The summed E-state index contributed by atoms with van der Waals surface area (Å²) < 4.78 is 0. The number of hydrogen-bond donors (Lipinski definition) is 0. The average molecular weight is 144 g/mol. The quantitative estimate of drug-likeness (QED) is 0.422. The predicted molar refractivity (Wildman–Crippen MR) is 47.0 cm³/mol.